The van der Waals surface area contributed by atoms with Crippen LogP contribution in [-0.2, 0) is 10.0 Å². The van der Waals surface area contributed by atoms with Crippen molar-refractivity contribution < 1.29 is 8.42 Å². The Morgan fingerprint density at radius 3 is 2.32 bits per heavy atom. The van der Waals surface area contributed by atoms with E-state index in [1.807, 2.05) is 19.1 Å². The van der Waals surface area contributed by atoms with E-state index < -0.39 is 10.0 Å². The summed E-state index contributed by atoms with van der Waals surface area (Å²) in [4.78, 5) is 2.47. The van der Waals surface area contributed by atoms with Gasteiger partial charge in [0.05, 0.1) is 4.90 Å². The molecule has 0 aliphatic carbocycles. The number of nitrogens with zero attached hydrogens (tertiary/aromatic N) is 2. The highest BCUT2D eigenvalue weighted by atomic mass is 35.5. The van der Waals surface area contributed by atoms with Gasteiger partial charge in [-0.15, -0.1) is 16.0 Å². The number of alkyl halides is 1. The molecule has 1 aromatic carbocycles. The molecule has 1 saturated heterocycles. The van der Waals surface area contributed by atoms with E-state index in [9.17, 15) is 8.42 Å². The number of piperidine rings is 1. The lowest BCUT2D eigenvalue weighted by atomic mass is 9.96. The monoisotopic (exact) mass is 384 g/mol. The number of hydrogen-bond acceptors (Lipinski definition) is 2. The second-order valence-corrected chi connectivity index (χ2v) is 8.96. The van der Waals surface area contributed by atoms with Gasteiger partial charge in [-0.2, -0.15) is 8.42 Å². The van der Waals surface area contributed by atoms with E-state index in [0.29, 0.717) is 30.2 Å². The summed E-state index contributed by atoms with van der Waals surface area (Å²) in [6.45, 7) is 6.25. The summed E-state index contributed by atoms with van der Waals surface area (Å²) in [5.74, 6) is 1.27. The van der Waals surface area contributed by atoms with Gasteiger partial charge in [0.25, 0.3) is 10.0 Å². The number of aryl methyl sites for hydroxylation is 1. The van der Waals surface area contributed by atoms with Crippen molar-refractivity contribution in [2.75, 3.05) is 5.88 Å². The zero-order chi connectivity index (χ0) is 18.4. The maximum Gasteiger partial charge on any atom is 0.283 e. The minimum atomic E-state index is -3.70. The van der Waals surface area contributed by atoms with Gasteiger partial charge < -0.3 is 4.90 Å². The summed E-state index contributed by atoms with van der Waals surface area (Å²) >= 11 is 5.80. The number of unbranched alkanes of at least 4 members (excludes halogenated alkanes) is 1. The standard InChI is InChI=1S/C19H29ClN2O2S/c1-15-10-12-18(13-11-15)25(23,24)21-19(9-4-5-14-20)22-16(2)7-6-8-17(22)3/h10-13,16-17H,4-9,14H2,1-3H3/b21-19+. The molecule has 25 heavy (non-hydrogen) atoms. The molecule has 4 nitrogen and oxygen atoms in total. The lowest BCUT2D eigenvalue weighted by molar-refractivity contribution is 0.188. The van der Waals surface area contributed by atoms with E-state index in [1.165, 1.54) is 6.42 Å². The summed E-state index contributed by atoms with van der Waals surface area (Å²) in [6.07, 6.45) is 5.68. The largest absolute Gasteiger partial charge is 0.354 e. The minimum Gasteiger partial charge on any atom is -0.354 e. The maximum absolute atomic E-state index is 12.8. The van der Waals surface area contributed by atoms with Crippen molar-refractivity contribution in [1.29, 1.82) is 0 Å². The van der Waals surface area contributed by atoms with Crippen molar-refractivity contribution >= 4 is 27.5 Å². The third-order valence-corrected chi connectivity index (χ3v) is 6.41. The van der Waals surface area contributed by atoms with Crippen molar-refractivity contribution in [2.24, 2.45) is 4.40 Å². The predicted molar refractivity (Wildman–Crippen MR) is 105 cm³/mol. The molecular weight excluding hydrogens is 356 g/mol. The molecule has 0 amide bonds. The quantitative estimate of drug-likeness (QED) is 0.307. The van der Waals surface area contributed by atoms with E-state index in [0.717, 1.165) is 31.2 Å². The Morgan fingerprint density at radius 1 is 1.16 bits per heavy atom. The SMILES string of the molecule is Cc1ccc(S(=O)(=O)/N=C(\CCCCCl)N2C(C)CCCC2C)cc1. The fourth-order valence-corrected chi connectivity index (χ4v) is 4.67. The minimum absolute atomic E-state index is 0.255. The van der Waals surface area contributed by atoms with E-state index in [2.05, 4.69) is 23.1 Å². The number of benzene rings is 1. The molecule has 1 aliphatic rings. The molecule has 0 aromatic heterocycles. The van der Waals surface area contributed by atoms with Crippen LogP contribution in [-0.4, -0.2) is 37.1 Å². The van der Waals surface area contributed by atoms with Gasteiger partial charge >= 0.3 is 0 Å². The van der Waals surface area contributed by atoms with Gasteiger partial charge in [0, 0.05) is 24.4 Å². The van der Waals surface area contributed by atoms with Gasteiger partial charge in [0.15, 0.2) is 0 Å². The van der Waals surface area contributed by atoms with Gasteiger partial charge in [-0.1, -0.05) is 17.7 Å². The van der Waals surface area contributed by atoms with E-state index in [-0.39, 0.29) is 4.90 Å². The average molecular weight is 385 g/mol. The Morgan fingerprint density at radius 2 is 1.76 bits per heavy atom. The summed E-state index contributed by atoms with van der Waals surface area (Å²) in [5.41, 5.74) is 1.03. The van der Waals surface area contributed by atoms with Gasteiger partial charge in [0.1, 0.15) is 5.84 Å². The summed E-state index contributed by atoms with van der Waals surface area (Å²) in [7, 11) is -3.70. The molecule has 2 atom stereocenters. The Bertz CT molecular complexity index is 676. The second kappa shape index (κ2) is 9.04. The lowest BCUT2D eigenvalue weighted by Crippen LogP contribution is -2.47. The van der Waals surface area contributed by atoms with Crippen LogP contribution in [0.5, 0.6) is 0 Å². The molecule has 0 radical (unpaired) electrons. The maximum atomic E-state index is 12.8. The Hall–Kier alpha value is -1.07. The Kier molecular flexibility index (Phi) is 7.32. The first-order valence-corrected chi connectivity index (χ1v) is 11.1. The van der Waals surface area contributed by atoms with Crippen LogP contribution in [0.4, 0.5) is 0 Å². The molecule has 1 aliphatic heterocycles. The number of hydrogen-bond donors (Lipinski definition) is 0. The van der Waals surface area contributed by atoms with Gasteiger partial charge in [-0.25, -0.2) is 0 Å². The van der Waals surface area contributed by atoms with Gasteiger partial charge in [0.2, 0.25) is 0 Å². The summed E-state index contributed by atoms with van der Waals surface area (Å²) < 4.78 is 29.9. The van der Waals surface area contributed by atoms with Gasteiger partial charge in [-0.05, 0) is 65.0 Å². The molecule has 0 N–H and O–H groups in total. The molecule has 2 unspecified atom stereocenters. The Balaban J connectivity index is 2.35. The fraction of sp³-hybridized carbons (Fsp3) is 0.632. The highest BCUT2D eigenvalue weighted by Crippen LogP contribution is 2.26. The molecule has 0 bridgehead atoms. The highest BCUT2D eigenvalue weighted by Gasteiger charge is 2.29. The zero-order valence-corrected chi connectivity index (χ0v) is 17.0. The molecular formula is C19H29ClN2O2S. The van der Waals surface area contributed by atoms with Crippen LogP contribution in [0.1, 0.15) is 57.9 Å². The normalized spacial score (nSPS) is 22.2. The van der Waals surface area contributed by atoms with Crippen molar-refractivity contribution in [3.8, 4) is 0 Å². The zero-order valence-electron chi connectivity index (χ0n) is 15.4. The molecule has 1 heterocycles. The molecule has 6 heteroatoms. The Labute approximate surface area is 157 Å². The van der Waals surface area contributed by atoms with Crippen LogP contribution < -0.4 is 0 Å². The number of rotatable bonds is 6. The molecule has 0 saturated carbocycles. The molecule has 1 fully saturated rings. The van der Waals surface area contributed by atoms with Crippen LogP contribution in [0.15, 0.2) is 33.6 Å². The van der Waals surface area contributed by atoms with Crippen molar-refractivity contribution in [3.05, 3.63) is 29.8 Å². The first-order valence-electron chi connectivity index (χ1n) is 9.10. The van der Waals surface area contributed by atoms with Crippen LogP contribution in [0.25, 0.3) is 0 Å². The average Bonchev–Trinajstić information content (AvgIpc) is 2.55. The number of sulfonamides is 1. The third kappa shape index (κ3) is 5.45. The van der Waals surface area contributed by atoms with Crippen molar-refractivity contribution in [2.45, 2.75) is 76.3 Å². The highest BCUT2D eigenvalue weighted by molar-refractivity contribution is 7.90. The first kappa shape index (κ1) is 20.2. The lowest BCUT2D eigenvalue weighted by Gasteiger charge is -2.41. The van der Waals surface area contributed by atoms with Crippen LogP contribution in [0.2, 0.25) is 0 Å². The fourth-order valence-electron chi connectivity index (χ4n) is 3.43. The van der Waals surface area contributed by atoms with E-state index in [1.54, 1.807) is 12.1 Å². The summed E-state index contributed by atoms with van der Waals surface area (Å²) in [5, 5.41) is 0. The predicted octanol–water partition coefficient (Wildman–Crippen LogP) is 4.75. The van der Waals surface area contributed by atoms with Crippen molar-refractivity contribution in [1.82, 2.24) is 4.90 Å². The molecule has 140 valence electrons. The molecule has 0 spiro atoms. The third-order valence-electron chi connectivity index (χ3n) is 4.82. The van der Waals surface area contributed by atoms with Crippen LogP contribution in [0.3, 0.4) is 0 Å². The number of likely N-dealkylation sites (tertiary alicyclic amines) is 1. The smallest absolute Gasteiger partial charge is 0.283 e. The van der Waals surface area contributed by atoms with Crippen LogP contribution in [0, 0.1) is 6.92 Å². The number of halogens is 1. The first-order chi connectivity index (χ1) is 11.8. The molecule has 2 rings (SSSR count). The van der Waals surface area contributed by atoms with E-state index in [4.69, 9.17) is 11.6 Å². The topological polar surface area (TPSA) is 49.7 Å². The van der Waals surface area contributed by atoms with Crippen molar-refractivity contribution in [3.63, 3.8) is 0 Å². The number of amidine groups is 1. The van der Waals surface area contributed by atoms with E-state index >= 15 is 0 Å². The second-order valence-electron chi connectivity index (χ2n) is 6.98. The molecule has 1 aromatic rings. The van der Waals surface area contributed by atoms with Gasteiger partial charge in [-0.3, -0.25) is 0 Å². The summed E-state index contributed by atoms with van der Waals surface area (Å²) in [6, 6.07) is 7.50. The van der Waals surface area contributed by atoms with Crippen LogP contribution >= 0.6 is 11.6 Å².